The van der Waals surface area contributed by atoms with Crippen LogP contribution in [0.15, 0.2) is 42.6 Å². The van der Waals surface area contributed by atoms with Crippen LogP contribution in [0, 0.1) is 0 Å². The zero-order valence-corrected chi connectivity index (χ0v) is 14.3. The van der Waals surface area contributed by atoms with E-state index in [1.54, 1.807) is 0 Å². The van der Waals surface area contributed by atoms with Gasteiger partial charge in [-0.1, -0.05) is 23.7 Å². The molecule has 1 aromatic carbocycles. The van der Waals surface area contributed by atoms with Crippen LogP contribution in [0.3, 0.4) is 0 Å². The molecular formula is C18H22ClN3O. The molecule has 0 spiro atoms. The number of nitrogens with one attached hydrogen (secondary N) is 1. The average molecular weight is 332 g/mol. The number of amides is 1. The van der Waals surface area contributed by atoms with Crippen molar-refractivity contribution in [3.05, 3.63) is 58.9 Å². The van der Waals surface area contributed by atoms with E-state index in [0.717, 1.165) is 18.7 Å². The molecule has 23 heavy (non-hydrogen) atoms. The maximum atomic E-state index is 12.4. The predicted octanol–water partition coefficient (Wildman–Crippen LogP) is 3.40. The highest BCUT2D eigenvalue weighted by Crippen LogP contribution is 2.25. The molecule has 4 nitrogen and oxygen atoms in total. The molecule has 2 heterocycles. The second-order valence-corrected chi connectivity index (χ2v) is 6.55. The van der Waals surface area contributed by atoms with E-state index in [2.05, 4.69) is 40.0 Å². The standard InChI is InChI=1S/C18H22ClN3O/c1-13(15-5-3-6-16(19)11-15)20-18(23)12-22-10-9-21-8-4-7-17(21)14(22)2/h3-8,11,13-14H,9-10,12H2,1-2H3,(H,20,23). The lowest BCUT2D eigenvalue weighted by molar-refractivity contribution is -0.123. The van der Waals surface area contributed by atoms with Gasteiger partial charge in [-0.2, -0.15) is 0 Å². The molecule has 0 bridgehead atoms. The van der Waals surface area contributed by atoms with Gasteiger partial charge >= 0.3 is 0 Å². The second kappa shape index (κ2) is 6.77. The lowest BCUT2D eigenvalue weighted by atomic mass is 10.1. The summed E-state index contributed by atoms with van der Waals surface area (Å²) in [6, 6.07) is 12.0. The van der Waals surface area contributed by atoms with Crippen LogP contribution < -0.4 is 5.32 Å². The summed E-state index contributed by atoms with van der Waals surface area (Å²) in [4.78, 5) is 14.6. The molecule has 1 aliphatic rings. The highest BCUT2D eigenvalue weighted by molar-refractivity contribution is 6.30. The van der Waals surface area contributed by atoms with Gasteiger partial charge in [0.15, 0.2) is 0 Å². The first kappa shape index (κ1) is 16.1. The van der Waals surface area contributed by atoms with Gasteiger partial charge in [0.2, 0.25) is 5.91 Å². The second-order valence-electron chi connectivity index (χ2n) is 6.12. The Morgan fingerprint density at radius 3 is 2.96 bits per heavy atom. The lowest BCUT2D eigenvalue weighted by Crippen LogP contribution is -2.43. The molecule has 0 aliphatic carbocycles. The van der Waals surface area contributed by atoms with Gasteiger partial charge in [0.05, 0.1) is 12.6 Å². The molecule has 5 heteroatoms. The Bertz CT molecular complexity index is 697. The highest BCUT2D eigenvalue weighted by atomic mass is 35.5. The molecule has 0 radical (unpaired) electrons. The fourth-order valence-corrected chi connectivity index (χ4v) is 3.37. The van der Waals surface area contributed by atoms with Gasteiger partial charge in [0.25, 0.3) is 0 Å². The number of fused-ring (bicyclic) bond motifs is 1. The number of hydrogen-bond acceptors (Lipinski definition) is 2. The lowest BCUT2D eigenvalue weighted by Gasteiger charge is -2.34. The van der Waals surface area contributed by atoms with Crippen molar-refractivity contribution in [2.24, 2.45) is 0 Å². The van der Waals surface area contributed by atoms with Crippen molar-refractivity contribution < 1.29 is 4.79 Å². The summed E-state index contributed by atoms with van der Waals surface area (Å²) >= 11 is 6.01. The van der Waals surface area contributed by atoms with Gasteiger partial charge in [-0.25, -0.2) is 0 Å². The molecule has 2 unspecified atom stereocenters. The smallest absolute Gasteiger partial charge is 0.234 e. The van der Waals surface area contributed by atoms with Gasteiger partial charge in [0.1, 0.15) is 0 Å². The van der Waals surface area contributed by atoms with Crippen molar-refractivity contribution in [1.29, 1.82) is 0 Å². The number of benzene rings is 1. The largest absolute Gasteiger partial charge is 0.349 e. The summed E-state index contributed by atoms with van der Waals surface area (Å²) in [7, 11) is 0. The number of hydrogen-bond donors (Lipinski definition) is 1. The third kappa shape index (κ3) is 3.59. The minimum atomic E-state index is -0.0508. The van der Waals surface area contributed by atoms with Gasteiger partial charge in [-0.05, 0) is 43.7 Å². The summed E-state index contributed by atoms with van der Waals surface area (Å²) in [5, 5.41) is 3.75. The molecule has 3 rings (SSSR count). The van der Waals surface area contributed by atoms with E-state index in [1.807, 2.05) is 31.2 Å². The van der Waals surface area contributed by atoms with Crippen molar-refractivity contribution in [2.45, 2.75) is 32.5 Å². The summed E-state index contributed by atoms with van der Waals surface area (Å²) in [6.07, 6.45) is 2.10. The normalized spacial score (nSPS) is 19.2. The zero-order chi connectivity index (χ0) is 16.4. The Kier molecular flexibility index (Phi) is 4.74. The highest BCUT2D eigenvalue weighted by Gasteiger charge is 2.25. The molecule has 122 valence electrons. The summed E-state index contributed by atoms with van der Waals surface area (Å²) in [5.41, 5.74) is 2.29. The summed E-state index contributed by atoms with van der Waals surface area (Å²) in [6.45, 7) is 6.37. The topological polar surface area (TPSA) is 37.3 Å². The minimum Gasteiger partial charge on any atom is -0.349 e. The molecule has 1 amide bonds. The number of halogens is 1. The Morgan fingerprint density at radius 2 is 2.17 bits per heavy atom. The van der Waals surface area contributed by atoms with Crippen molar-refractivity contribution in [3.63, 3.8) is 0 Å². The van der Waals surface area contributed by atoms with E-state index in [4.69, 9.17) is 11.6 Å². The summed E-state index contributed by atoms with van der Waals surface area (Å²) in [5.74, 6) is 0.0457. The van der Waals surface area contributed by atoms with E-state index in [-0.39, 0.29) is 18.0 Å². The number of rotatable bonds is 4. The summed E-state index contributed by atoms with van der Waals surface area (Å²) < 4.78 is 2.26. The molecule has 0 saturated heterocycles. The first-order valence-electron chi connectivity index (χ1n) is 7.98. The van der Waals surface area contributed by atoms with Crippen LogP contribution in [-0.4, -0.2) is 28.5 Å². The fourth-order valence-electron chi connectivity index (χ4n) is 3.17. The van der Waals surface area contributed by atoms with Gasteiger partial charge in [0, 0.05) is 36.0 Å². The van der Waals surface area contributed by atoms with Crippen LogP contribution in [-0.2, 0) is 11.3 Å². The Balaban J connectivity index is 1.59. The van der Waals surface area contributed by atoms with Crippen molar-refractivity contribution in [2.75, 3.05) is 13.1 Å². The van der Waals surface area contributed by atoms with Crippen molar-refractivity contribution >= 4 is 17.5 Å². The molecule has 2 atom stereocenters. The number of nitrogens with zero attached hydrogens (tertiary/aromatic N) is 2. The predicted molar refractivity (Wildman–Crippen MR) is 92.4 cm³/mol. The van der Waals surface area contributed by atoms with Crippen molar-refractivity contribution in [3.8, 4) is 0 Å². The Labute approximate surface area is 142 Å². The number of aromatic nitrogens is 1. The third-order valence-electron chi connectivity index (χ3n) is 4.54. The van der Waals surface area contributed by atoms with Crippen LogP contribution in [0.4, 0.5) is 0 Å². The van der Waals surface area contributed by atoms with Gasteiger partial charge < -0.3 is 9.88 Å². The Morgan fingerprint density at radius 1 is 1.35 bits per heavy atom. The number of carbonyl (C=O) groups excluding carboxylic acids is 1. The third-order valence-corrected chi connectivity index (χ3v) is 4.78. The van der Waals surface area contributed by atoms with Crippen LogP contribution in [0.5, 0.6) is 0 Å². The molecule has 1 N–H and O–H groups in total. The first-order chi connectivity index (χ1) is 11.0. The molecular weight excluding hydrogens is 310 g/mol. The maximum Gasteiger partial charge on any atom is 0.234 e. The van der Waals surface area contributed by atoms with Crippen molar-refractivity contribution in [1.82, 2.24) is 14.8 Å². The van der Waals surface area contributed by atoms with E-state index in [1.165, 1.54) is 5.69 Å². The van der Waals surface area contributed by atoms with E-state index in [9.17, 15) is 4.79 Å². The van der Waals surface area contributed by atoms with E-state index in [0.29, 0.717) is 11.6 Å². The zero-order valence-electron chi connectivity index (χ0n) is 13.5. The van der Waals surface area contributed by atoms with Crippen LogP contribution in [0.1, 0.15) is 37.2 Å². The monoisotopic (exact) mass is 331 g/mol. The SMILES string of the molecule is CC(NC(=O)CN1CCn2cccc2C1C)c1cccc(Cl)c1. The molecule has 1 aromatic heterocycles. The molecule has 1 aliphatic heterocycles. The molecule has 0 saturated carbocycles. The molecule has 2 aromatic rings. The quantitative estimate of drug-likeness (QED) is 0.932. The fraction of sp³-hybridized carbons (Fsp3) is 0.389. The van der Waals surface area contributed by atoms with Crippen LogP contribution >= 0.6 is 11.6 Å². The van der Waals surface area contributed by atoms with E-state index >= 15 is 0 Å². The first-order valence-corrected chi connectivity index (χ1v) is 8.36. The van der Waals surface area contributed by atoms with Gasteiger partial charge in [-0.3, -0.25) is 9.69 Å². The molecule has 0 fully saturated rings. The van der Waals surface area contributed by atoms with Crippen LogP contribution in [0.2, 0.25) is 5.02 Å². The minimum absolute atomic E-state index is 0.0457. The maximum absolute atomic E-state index is 12.4. The number of carbonyl (C=O) groups is 1. The Hall–Kier alpha value is -1.78. The average Bonchev–Trinajstić information content (AvgIpc) is 2.99. The van der Waals surface area contributed by atoms with E-state index < -0.39 is 0 Å². The van der Waals surface area contributed by atoms with Crippen LogP contribution in [0.25, 0.3) is 0 Å². The van der Waals surface area contributed by atoms with Gasteiger partial charge in [-0.15, -0.1) is 0 Å².